The zero-order valence-corrected chi connectivity index (χ0v) is 12.4. The molecule has 18 heavy (non-hydrogen) atoms. The zero-order valence-electron chi connectivity index (χ0n) is 10.00. The molecule has 0 radical (unpaired) electrons. The molecule has 0 aliphatic heterocycles. The summed E-state index contributed by atoms with van der Waals surface area (Å²) >= 11 is 13.2. The van der Waals surface area contributed by atoms with E-state index in [9.17, 15) is 0 Å². The van der Waals surface area contributed by atoms with Crippen molar-refractivity contribution in [2.45, 2.75) is 13.5 Å². The average Bonchev–Trinajstić information content (AvgIpc) is 2.67. The standard InChI is InChI=1S/C13H13ClN2S2/c1-3-7-18-8-6-16-12-9(2)10(14)4-5-11(12)15-13(16)17/h1,4-5H,6-8H2,2H3,(H,15,17). The molecule has 1 N–H and O–H groups in total. The van der Waals surface area contributed by atoms with E-state index in [1.165, 1.54) is 0 Å². The SMILES string of the molecule is C#CCSCCn1c(=S)[nH]c2ccc(Cl)c(C)c21. The van der Waals surface area contributed by atoms with E-state index in [0.717, 1.165) is 44.4 Å². The van der Waals surface area contributed by atoms with E-state index in [2.05, 4.69) is 15.5 Å². The van der Waals surface area contributed by atoms with E-state index in [4.69, 9.17) is 30.2 Å². The molecule has 2 aromatic rings. The summed E-state index contributed by atoms with van der Waals surface area (Å²) in [6.45, 7) is 2.85. The van der Waals surface area contributed by atoms with Crippen LogP contribution in [-0.2, 0) is 6.54 Å². The van der Waals surface area contributed by atoms with E-state index in [0.29, 0.717) is 0 Å². The summed E-state index contributed by atoms with van der Waals surface area (Å²) in [4.78, 5) is 3.21. The van der Waals surface area contributed by atoms with Crippen molar-refractivity contribution >= 4 is 46.6 Å². The molecule has 0 amide bonds. The average molecular weight is 297 g/mol. The predicted molar refractivity (Wildman–Crippen MR) is 83.0 cm³/mol. The van der Waals surface area contributed by atoms with E-state index in [1.807, 2.05) is 19.1 Å². The van der Waals surface area contributed by atoms with Gasteiger partial charge in [0, 0.05) is 17.3 Å². The highest BCUT2D eigenvalue weighted by atomic mass is 35.5. The molecule has 2 nitrogen and oxygen atoms in total. The number of nitrogens with one attached hydrogen (secondary N) is 1. The normalized spacial score (nSPS) is 10.7. The van der Waals surface area contributed by atoms with E-state index in [-0.39, 0.29) is 0 Å². The van der Waals surface area contributed by atoms with Gasteiger partial charge in [-0.05, 0) is 36.8 Å². The molecule has 0 bridgehead atoms. The first-order valence-electron chi connectivity index (χ1n) is 5.54. The number of benzene rings is 1. The Hall–Kier alpha value is -0.890. The van der Waals surface area contributed by atoms with Crippen LogP contribution in [0.1, 0.15) is 5.56 Å². The third-order valence-corrected chi connectivity index (χ3v) is 4.34. The summed E-state index contributed by atoms with van der Waals surface area (Å²) in [5.41, 5.74) is 3.18. The number of aromatic amines is 1. The molecule has 94 valence electrons. The summed E-state index contributed by atoms with van der Waals surface area (Å²) in [6.07, 6.45) is 5.23. The molecule has 2 rings (SSSR count). The Morgan fingerprint density at radius 3 is 3.06 bits per heavy atom. The van der Waals surface area contributed by atoms with Gasteiger partial charge in [-0.1, -0.05) is 17.5 Å². The quantitative estimate of drug-likeness (QED) is 0.522. The zero-order chi connectivity index (χ0) is 13.1. The van der Waals surface area contributed by atoms with Gasteiger partial charge in [0.05, 0.1) is 16.8 Å². The van der Waals surface area contributed by atoms with Crippen LogP contribution in [0, 0.1) is 24.0 Å². The van der Waals surface area contributed by atoms with Crippen molar-refractivity contribution in [3.05, 3.63) is 27.5 Å². The fourth-order valence-corrected chi connectivity index (χ4v) is 2.93. The Bertz CT molecular complexity index is 664. The number of terminal acetylenes is 1. The molecule has 0 atom stereocenters. The first-order valence-corrected chi connectivity index (χ1v) is 7.48. The molecule has 0 aliphatic rings. The Morgan fingerprint density at radius 2 is 2.33 bits per heavy atom. The molecule has 0 saturated carbocycles. The molecule has 1 aromatic heterocycles. The number of aromatic nitrogens is 2. The van der Waals surface area contributed by atoms with E-state index in [1.54, 1.807) is 11.8 Å². The number of H-pyrrole nitrogens is 1. The van der Waals surface area contributed by atoms with Crippen molar-refractivity contribution in [1.82, 2.24) is 9.55 Å². The minimum atomic E-state index is 0.732. The maximum atomic E-state index is 6.16. The van der Waals surface area contributed by atoms with Gasteiger partial charge in [-0.2, -0.15) is 0 Å². The lowest BCUT2D eigenvalue weighted by Crippen LogP contribution is -2.02. The van der Waals surface area contributed by atoms with Crippen LogP contribution in [-0.4, -0.2) is 21.1 Å². The summed E-state index contributed by atoms with van der Waals surface area (Å²) in [7, 11) is 0. The number of thioether (sulfide) groups is 1. The van der Waals surface area contributed by atoms with Crippen LogP contribution < -0.4 is 0 Å². The lowest BCUT2D eigenvalue weighted by atomic mass is 10.2. The van der Waals surface area contributed by atoms with Crippen molar-refractivity contribution in [3.63, 3.8) is 0 Å². The van der Waals surface area contributed by atoms with Gasteiger partial charge in [-0.25, -0.2) is 0 Å². The van der Waals surface area contributed by atoms with Crippen molar-refractivity contribution < 1.29 is 0 Å². The van der Waals surface area contributed by atoms with Crippen LogP contribution in [0.5, 0.6) is 0 Å². The lowest BCUT2D eigenvalue weighted by Gasteiger charge is -2.06. The molecule has 0 spiro atoms. The third kappa shape index (κ3) is 2.59. The molecular weight excluding hydrogens is 284 g/mol. The van der Waals surface area contributed by atoms with Gasteiger partial charge in [0.1, 0.15) is 0 Å². The molecule has 0 fully saturated rings. The van der Waals surface area contributed by atoms with Gasteiger partial charge >= 0.3 is 0 Å². The summed E-state index contributed by atoms with van der Waals surface area (Å²) in [5, 5.41) is 0.765. The minimum absolute atomic E-state index is 0.732. The van der Waals surface area contributed by atoms with Gasteiger partial charge in [-0.3, -0.25) is 0 Å². The van der Waals surface area contributed by atoms with Gasteiger partial charge in [0.25, 0.3) is 0 Å². The molecule has 1 heterocycles. The molecule has 0 unspecified atom stereocenters. The smallest absolute Gasteiger partial charge is 0.178 e. The second-order valence-corrected chi connectivity index (χ2v) is 5.81. The van der Waals surface area contributed by atoms with Gasteiger partial charge < -0.3 is 9.55 Å². The Morgan fingerprint density at radius 1 is 1.56 bits per heavy atom. The Kier molecular flexibility index (Phi) is 4.39. The summed E-state index contributed by atoms with van der Waals surface area (Å²) in [5.74, 6) is 4.29. The molecular formula is C13H13ClN2S2. The van der Waals surface area contributed by atoms with Gasteiger partial charge in [-0.15, -0.1) is 18.2 Å². The number of aryl methyl sites for hydroxylation is 2. The number of hydrogen-bond donors (Lipinski definition) is 1. The largest absolute Gasteiger partial charge is 0.331 e. The van der Waals surface area contributed by atoms with E-state index < -0.39 is 0 Å². The maximum Gasteiger partial charge on any atom is 0.178 e. The predicted octanol–water partition coefficient (Wildman–Crippen LogP) is 4.03. The van der Waals surface area contributed by atoms with Crippen LogP contribution >= 0.6 is 35.6 Å². The minimum Gasteiger partial charge on any atom is -0.331 e. The van der Waals surface area contributed by atoms with Crippen molar-refractivity contribution in [3.8, 4) is 12.3 Å². The topological polar surface area (TPSA) is 20.7 Å². The molecule has 5 heteroatoms. The Balaban J connectivity index is 2.37. The van der Waals surface area contributed by atoms with Crippen LogP contribution in [0.15, 0.2) is 12.1 Å². The van der Waals surface area contributed by atoms with Gasteiger partial charge in [0.15, 0.2) is 4.77 Å². The third-order valence-electron chi connectivity index (χ3n) is 2.77. The lowest BCUT2D eigenvalue weighted by molar-refractivity contribution is 0.782. The highest BCUT2D eigenvalue weighted by molar-refractivity contribution is 7.99. The van der Waals surface area contributed by atoms with Crippen LogP contribution in [0.3, 0.4) is 0 Å². The highest BCUT2D eigenvalue weighted by Crippen LogP contribution is 2.25. The number of fused-ring (bicyclic) bond motifs is 1. The number of rotatable bonds is 4. The summed E-state index contributed by atoms with van der Waals surface area (Å²) < 4.78 is 2.83. The number of imidazole rings is 1. The Labute approximate surface area is 121 Å². The van der Waals surface area contributed by atoms with Crippen molar-refractivity contribution in [2.75, 3.05) is 11.5 Å². The second kappa shape index (κ2) is 5.83. The van der Waals surface area contributed by atoms with E-state index >= 15 is 0 Å². The molecule has 0 aliphatic carbocycles. The fourth-order valence-electron chi connectivity index (χ4n) is 1.91. The fraction of sp³-hybridized carbons (Fsp3) is 0.308. The second-order valence-electron chi connectivity index (χ2n) is 3.91. The van der Waals surface area contributed by atoms with Gasteiger partial charge in [0.2, 0.25) is 0 Å². The molecule has 0 saturated heterocycles. The molecule has 1 aromatic carbocycles. The maximum absolute atomic E-state index is 6.16. The first kappa shape index (κ1) is 13.5. The van der Waals surface area contributed by atoms with Crippen LogP contribution in [0.4, 0.5) is 0 Å². The van der Waals surface area contributed by atoms with Crippen molar-refractivity contribution in [1.29, 1.82) is 0 Å². The highest BCUT2D eigenvalue weighted by Gasteiger charge is 2.09. The number of halogens is 1. The first-order chi connectivity index (χ1) is 8.65. The van der Waals surface area contributed by atoms with Crippen LogP contribution in [0.25, 0.3) is 11.0 Å². The number of nitrogens with zero attached hydrogens (tertiary/aromatic N) is 1. The summed E-state index contributed by atoms with van der Waals surface area (Å²) in [6, 6.07) is 3.85. The van der Waals surface area contributed by atoms with Crippen LogP contribution in [0.2, 0.25) is 5.02 Å². The number of hydrogen-bond acceptors (Lipinski definition) is 2. The monoisotopic (exact) mass is 296 g/mol. The van der Waals surface area contributed by atoms with Crippen molar-refractivity contribution in [2.24, 2.45) is 0 Å².